The van der Waals surface area contributed by atoms with Gasteiger partial charge in [-0.2, -0.15) is 8.78 Å². The predicted octanol–water partition coefficient (Wildman–Crippen LogP) is 3.82. The van der Waals surface area contributed by atoms with Gasteiger partial charge >= 0.3 is 12.6 Å². The van der Waals surface area contributed by atoms with Gasteiger partial charge in [-0.15, -0.1) is 0 Å². The maximum Gasteiger partial charge on any atom is 0.387 e. The second kappa shape index (κ2) is 7.90. The number of allylic oxidation sites excluding steroid dienone is 3. The number of hydrogen-bond acceptors (Lipinski definition) is 5. The molecule has 1 unspecified atom stereocenters. The van der Waals surface area contributed by atoms with E-state index in [2.05, 4.69) is 10.1 Å². The fraction of sp³-hybridized carbons (Fsp3) is 0.400. The van der Waals surface area contributed by atoms with Crippen LogP contribution in [-0.4, -0.2) is 25.0 Å². The average molecular weight is 377 g/mol. The third-order valence-electron chi connectivity index (χ3n) is 4.71. The molecule has 1 N–H and O–H groups in total. The highest BCUT2D eigenvalue weighted by Gasteiger charge is 2.39. The molecule has 1 aliphatic carbocycles. The van der Waals surface area contributed by atoms with Crippen LogP contribution in [0.4, 0.5) is 8.78 Å². The van der Waals surface area contributed by atoms with Crippen molar-refractivity contribution in [2.24, 2.45) is 0 Å². The van der Waals surface area contributed by atoms with Crippen LogP contribution >= 0.6 is 0 Å². The summed E-state index contributed by atoms with van der Waals surface area (Å²) in [4.78, 5) is 25.3. The second-order valence-electron chi connectivity index (χ2n) is 6.43. The van der Waals surface area contributed by atoms with Crippen LogP contribution in [0.1, 0.15) is 44.6 Å². The lowest BCUT2D eigenvalue weighted by atomic mass is 9.75. The highest BCUT2D eigenvalue weighted by atomic mass is 19.3. The number of nitrogens with one attached hydrogen (secondary N) is 1. The van der Waals surface area contributed by atoms with Gasteiger partial charge in [0.1, 0.15) is 5.75 Å². The highest BCUT2D eigenvalue weighted by molar-refractivity contribution is 6.03. The smallest absolute Gasteiger partial charge is 0.387 e. The molecule has 5 nitrogen and oxygen atoms in total. The second-order valence-corrected chi connectivity index (χ2v) is 6.43. The topological polar surface area (TPSA) is 64.6 Å². The van der Waals surface area contributed by atoms with Gasteiger partial charge in [-0.1, -0.05) is 12.1 Å². The molecular formula is C20H21F2NO4. The van der Waals surface area contributed by atoms with Crippen LogP contribution in [0.5, 0.6) is 5.75 Å². The zero-order valence-electron chi connectivity index (χ0n) is 15.2. The number of carbonyl (C=O) groups is 2. The third-order valence-corrected chi connectivity index (χ3v) is 4.71. The summed E-state index contributed by atoms with van der Waals surface area (Å²) in [6, 6.07) is 6.03. The van der Waals surface area contributed by atoms with Crippen molar-refractivity contribution in [3.05, 3.63) is 52.4 Å². The molecule has 0 aromatic heterocycles. The Morgan fingerprint density at radius 3 is 2.59 bits per heavy atom. The van der Waals surface area contributed by atoms with E-state index in [0.29, 0.717) is 28.8 Å². The average Bonchev–Trinajstić information content (AvgIpc) is 2.61. The number of Topliss-reactive ketones (excluding diaryl/α,β-unsaturated/α-hetero) is 1. The van der Waals surface area contributed by atoms with Crippen molar-refractivity contribution in [3.63, 3.8) is 0 Å². The van der Waals surface area contributed by atoms with Crippen molar-refractivity contribution in [2.75, 3.05) is 6.61 Å². The van der Waals surface area contributed by atoms with E-state index >= 15 is 0 Å². The van der Waals surface area contributed by atoms with E-state index in [1.165, 1.54) is 12.1 Å². The zero-order chi connectivity index (χ0) is 19.6. The van der Waals surface area contributed by atoms with Gasteiger partial charge in [-0.25, -0.2) is 4.79 Å². The minimum Gasteiger partial charge on any atom is -0.463 e. The summed E-state index contributed by atoms with van der Waals surface area (Å²) in [5.41, 5.74) is 3.03. The van der Waals surface area contributed by atoms with Gasteiger partial charge in [0, 0.05) is 29.3 Å². The number of benzene rings is 1. The standard InChI is InChI=1S/C20H21F2NO4/c1-3-26-19(25)16-11(2)23-14-5-4-6-15(24)18(14)17(16)12-7-9-13(10-8-12)27-20(21)22/h7-10,17,20,23H,3-6H2,1-2H3. The van der Waals surface area contributed by atoms with E-state index in [4.69, 9.17) is 4.74 Å². The number of alkyl halides is 2. The summed E-state index contributed by atoms with van der Waals surface area (Å²) >= 11 is 0. The largest absolute Gasteiger partial charge is 0.463 e. The lowest BCUT2D eigenvalue weighted by molar-refractivity contribution is -0.138. The summed E-state index contributed by atoms with van der Waals surface area (Å²) in [5, 5.41) is 3.19. The number of esters is 1. The first-order valence-corrected chi connectivity index (χ1v) is 8.88. The minimum absolute atomic E-state index is 0.0176. The maximum absolute atomic E-state index is 12.7. The van der Waals surface area contributed by atoms with Crippen LogP contribution in [0, 0.1) is 0 Å². The number of rotatable bonds is 5. The first kappa shape index (κ1) is 19.1. The van der Waals surface area contributed by atoms with Crippen molar-refractivity contribution in [3.8, 4) is 5.75 Å². The van der Waals surface area contributed by atoms with Gasteiger partial charge in [0.15, 0.2) is 5.78 Å². The van der Waals surface area contributed by atoms with Crippen molar-refractivity contribution < 1.29 is 27.8 Å². The molecule has 1 aromatic rings. The van der Waals surface area contributed by atoms with E-state index in [-0.39, 0.29) is 18.1 Å². The maximum atomic E-state index is 12.7. The van der Waals surface area contributed by atoms with Crippen LogP contribution in [0.2, 0.25) is 0 Å². The quantitative estimate of drug-likeness (QED) is 0.791. The highest BCUT2D eigenvalue weighted by Crippen LogP contribution is 2.42. The van der Waals surface area contributed by atoms with Crippen LogP contribution in [-0.2, 0) is 14.3 Å². The van der Waals surface area contributed by atoms with Crippen LogP contribution in [0.15, 0.2) is 46.8 Å². The van der Waals surface area contributed by atoms with E-state index in [1.54, 1.807) is 26.0 Å². The monoisotopic (exact) mass is 377 g/mol. The Hall–Kier alpha value is -2.70. The summed E-state index contributed by atoms with van der Waals surface area (Å²) in [6.45, 7) is 0.785. The molecule has 0 saturated heterocycles. The third kappa shape index (κ3) is 3.86. The normalized spacial score (nSPS) is 19.7. The first-order chi connectivity index (χ1) is 12.9. The predicted molar refractivity (Wildman–Crippen MR) is 94.2 cm³/mol. The minimum atomic E-state index is -2.92. The zero-order valence-corrected chi connectivity index (χ0v) is 15.2. The van der Waals surface area contributed by atoms with Gasteiger partial charge in [-0.05, 0) is 44.4 Å². The van der Waals surface area contributed by atoms with E-state index in [9.17, 15) is 18.4 Å². The summed E-state index contributed by atoms with van der Waals surface area (Å²) in [7, 11) is 0. The Morgan fingerprint density at radius 2 is 1.96 bits per heavy atom. The molecule has 1 heterocycles. The van der Waals surface area contributed by atoms with Crippen LogP contribution in [0.3, 0.4) is 0 Å². The summed E-state index contributed by atoms with van der Waals surface area (Å²) in [5.74, 6) is -1.08. The molecule has 0 fully saturated rings. The fourth-order valence-corrected chi connectivity index (χ4v) is 3.64. The SMILES string of the molecule is CCOC(=O)C1=C(C)NC2=C(C(=O)CCC2)C1c1ccc(OC(F)F)cc1. The Bertz CT molecular complexity index is 812. The molecule has 0 bridgehead atoms. The molecule has 144 valence electrons. The lowest BCUT2D eigenvalue weighted by Gasteiger charge is -2.34. The van der Waals surface area contributed by atoms with Gasteiger partial charge in [0.2, 0.25) is 0 Å². The van der Waals surface area contributed by atoms with Crippen molar-refractivity contribution in [2.45, 2.75) is 45.6 Å². The van der Waals surface area contributed by atoms with E-state index in [0.717, 1.165) is 18.5 Å². The molecule has 1 atom stereocenters. The summed E-state index contributed by atoms with van der Waals surface area (Å²) in [6.07, 6.45) is 1.89. The Morgan fingerprint density at radius 1 is 1.26 bits per heavy atom. The number of ether oxygens (including phenoxy) is 2. The Kier molecular flexibility index (Phi) is 5.58. The number of carbonyl (C=O) groups excluding carboxylic acids is 2. The van der Waals surface area contributed by atoms with Crippen molar-refractivity contribution >= 4 is 11.8 Å². The van der Waals surface area contributed by atoms with Gasteiger partial charge in [0.05, 0.1) is 12.2 Å². The van der Waals surface area contributed by atoms with Crippen molar-refractivity contribution in [1.29, 1.82) is 0 Å². The number of dihydropyridines is 1. The molecule has 0 radical (unpaired) electrons. The molecule has 1 aliphatic heterocycles. The fourth-order valence-electron chi connectivity index (χ4n) is 3.64. The number of hydrogen-bond donors (Lipinski definition) is 1. The molecule has 2 aliphatic rings. The Balaban J connectivity index is 2.06. The lowest BCUT2D eigenvalue weighted by Crippen LogP contribution is -2.34. The van der Waals surface area contributed by atoms with E-state index < -0.39 is 18.5 Å². The molecule has 27 heavy (non-hydrogen) atoms. The molecular weight excluding hydrogens is 356 g/mol. The van der Waals surface area contributed by atoms with Gasteiger partial charge in [-0.3, -0.25) is 4.79 Å². The molecule has 0 saturated carbocycles. The number of ketones is 1. The van der Waals surface area contributed by atoms with Crippen LogP contribution in [0.25, 0.3) is 0 Å². The van der Waals surface area contributed by atoms with Gasteiger partial charge in [0.25, 0.3) is 0 Å². The molecule has 7 heteroatoms. The molecule has 0 spiro atoms. The van der Waals surface area contributed by atoms with Gasteiger partial charge < -0.3 is 14.8 Å². The van der Waals surface area contributed by atoms with E-state index in [1.807, 2.05) is 0 Å². The van der Waals surface area contributed by atoms with Crippen LogP contribution < -0.4 is 10.1 Å². The first-order valence-electron chi connectivity index (χ1n) is 8.88. The molecule has 0 amide bonds. The van der Waals surface area contributed by atoms with Crippen molar-refractivity contribution in [1.82, 2.24) is 5.32 Å². The number of halogens is 2. The Labute approximate surface area is 156 Å². The molecule has 1 aromatic carbocycles. The molecule has 3 rings (SSSR count). The summed E-state index contributed by atoms with van der Waals surface area (Å²) < 4.78 is 34.4.